The Bertz CT molecular complexity index is 1250. The Morgan fingerprint density at radius 1 is 1.06 bits per heavy atom. The van der Waals surface area contributed by atoms with Gasteiger partial charge in [-0.25, -0.2) is 4.98 Å². The fourth-order valence-electron chi connectivity index (χ4n) is 4.74. The van der Waals surface area contributed by atoms with Gasteiger partial charge in [-0.1, -0.05) is 72.8 Å². The monoisotopic (exact) mass is 451 g/mol. The number of aryl methyl sites for hydroxylation is 1. The SMILES string of the molecule is COc1cccc([C@H]2CCc3nc(C(=O)N[C@H](Cc4ccccc4)c4ccccc4)cn3C2)c1. The lowest BCUT2D eigenvalue weighted by Gasteiger charge is -2.24. The molecule has 2 atom stereocenters. The smallest absolute Gasteiger partial charge is 0.271 e. The lowest BCUT2D eigenvalue weighted by atomic mass is 9.91. The molecule has 5 rings (SSSR count). The lowest BCUT2D eigenvalue weighted by molar-refractivity contribution is 0.0931. The van der Waals surface area contributed by atoms with Gasteiger partial charge in [0.2, 0.25) is 0 Å². The normalized spacial score (nSPS) is 15.9. The highest BCUT2D eigenvalue weighted by atomic mass is 16.5. The van der Waals surface area contributed by atoms with Crippen LogP contribution in [0.5, 0.6) is 5.75 Å². The van der Waals surface area contributed by atoms with Crippen LogP contribution in [0.4, 0.5) is 0 Å². The van der Waals surface area contributed by atoms with Crippen molar-refractivity contribution in [2.45, 2.75) is 37.8 Å². The highest BCUT2D eigenvalue weighted by Crippen LogP contribution is 2.31. The quantitative estimate of drug-likeness (QED) is 0.413. The molecule has 1 amide bonds. The Hall–Kier alpha value is -3.86. The fraction of sp³-hybridized carbons (Fsp3) is 0.241. The van der Waals surface area contributed by atoms with Crippen LogP contribution in [-0.2, 0) is 19.4 Å². The van der Waals surface area contributed by atoms with E-state index >= 15 is 0 Å². The van der Waals surface area contributed by atoms with Gasteiger partial charge in [0.25, 0.3) is 5.91 Å². The molecular weight excluding hydrogens is 422 g/mol. The van der Waals surface area contributed by atoms with Gasteiger partial charge in [-0.15, -0.1) is 0 Å². The van der Waals surface area contributed by atoms with E-state index in [4.69, 9.17) is 9.72 Å². The molecule has 3 aromatic carbocycles. The van der Waals surface area contributed by atoms with Gasteiger partial charge >= 0.3 is 0 Å². The first-order valence-electron chi connectivity index (χ1n) is 11.8. The molecule has 4 aromatic rings. The number of aromatic nitrogens is 2. The molecule has 1 aromatic heterocycles. The van der Waals surface area contributed by atoms with Crippen LogP contribution < -0.4 is 10.1 Å². The van der Waals surface area contributed by atoms with Crippen LogP contribution in [0, 0.1) is 0 Å². The second-order valence-electron chi connectivity index (χ2n) is 8.83. The van der Waals surface area contributed by atoms with Crippen molar-refractivity contribution >= 4 is 5.91 Å². The highest BCUT2D eigenvalue weighted by Gasteiger charge is 2.25. The summed E-state index contributed by atoms with van der Waals surface area (Å²) in [4.78, 5) is 18.0. The molecule has 1 N–H and O–H groups in total. The summed E-state index contributed by atoms with van der Waals surface area (Å²) in [5.41, 5.74) is 4.01. The average molecular weight is 452 g/mol. The first-order valence-corrected chi connectivity index (χ1v) is 11.8. The summed E-state index contributed by atoms with van der Waals surface area (Å²) in [5.74, 6) is 2.09. The van der Waals surface area contributed by atoms with Crippen LogP contribution >= 0.6 is 0 Å². The van der Waals surface area contributed by atoms with E-state index in [1.807, 2.05) is 54.7 Å². The fourth-order valence-corrected chi connectivity index (χ4v) is 4.74. The minimum absolute atomic E-state index is 0.126. The van der Waals surface area contributed by atoms with E-state index in [1.54, 1.807) is 7.11 Å². The van der Waals surface area contributed by atoms with Gasteiger partial charge < -0.3 is 14.6 Å². The topological polar surface area (TPSA) is 56.1 Å². The number of nitrogens with zero attached hydrogens (tertiary/aromatic N) is 2. The van der Waals surface area contributed by atoms with E-state index in [0.29, 0.717) is 11.6 Å². The Morgan fingerprint density at radius 3 is 2.59 bits per heavy atom. The van der Waals surface area contributed by atoms with Gasteiger partial charge in [-0.2, -0.15) is 0 Å². The van der Waals surface area contributed by atoms with E-state index in [2.05, 4.69) is 46.3 Å². The first-order chi connectivity index (χ1) is 16.7. The van der Waals surface area contributed by atoms with E-state index in [-0.39, 0.29) is 11.9 Å². The van der Waals surface area contributed by atoms with Crippen LogP contribution in [0.25, 0.3) is 0 Å². The number of hydrogen-bond donors (Lipinski definition) is 1. The Morgan fingerprint density at radius 2 is 1.82 bits per heavy atom. The number of methoxy groups -OCH3 is 1. The summed E-state index contributed by atoms with van der Waals surface area (Å²) >= 11 is 0. The number of imidazole rings is 1. The van der Waals surface area contributed by atoms with Crippen molar-refractivity contribution in [3.8, 4) is 5.75 Å². The van der Waals surface area contributed by atoms with E-state index in [0.717, 1.165) is 42.9 Å². The minimum Gasteiger partial charge on any atom is -0.497 e. The number of nitrogens with one attached hydrogen (secondary N) is 1. The number of amides is 1. The van der Waals surface area contributed by atoms with Crippen LogP contribution in [0.15, 0.2) is 91.1 Å². The number of benzene rings is 3. The summed E-state index contributed by atoms with van der Waals surface area (Å²) < 4.78 is 7.53. The number of carbonyl (C=O) groups excluding carboxylic acids is 1. The summed E-state index contributed by atoms with van der Waals surface area (Å²) in [6, 6.07) is 28.5. The zero-order valence-electron chi connectivity index (χ0n) is 19.4. The molecule has 2 heterocycles. The van der Waals surface area contributed by atoms with Crippen molar-refractivity contribution in [3.05, 3.63) is 119 Å². The molecule has 0 spiro atoms. The van der Waals surface area contributed by atoms with Gasteiger partial charge in [0.1, 0.15) is 17.3 Å². The predicted molar refractivity (Wildman–Crippen MR) is 133 cm³/mol. The second-order valence-corrected chi connectivity index (χ2v) is 8.83. The molecular formula is C29H29N3O2. The van der Waals surface area contributed by atoms with Crippen molar-refractivity contribution in [3.63, 3.8) is 0 Å². The summed E-state index contributed by atoms with van der Waals surface area (Å²) in [6.07, 6.45) is 4.48. The highest BCUT2D eigenvalue weighted by molar-refractivity contribution is 5.92. The van der Waals surface area contributed by atoms with Crippen molar-refractivity contribution in [1.82, 2.24) is 14.9 Å². The Kier molecular flexibility index (Phi) is 6.43. The minimum atomic E-state index is -0.135. The third-order valence-electron chi connectivity index (χ3n) is 6.58. The van der Waals surface area contributed by atoms with Crippen LogP contribution in [-0.4, -0.2) is 22.6 Å². The molecule has 0 aliphatic carbocycles. The van der Waals surface area contributed by atoms with E-state index in [1.165, 1.54) is 11.1 Å². The molecule has 5 nitrogen and oxygen atoms in total. The summed E-state index contributed by atoms with van der Waals surface area (Å²) in [6.45, 7) is 0.814. The summed E-state index contributed by atoms with van der Waals surface area (Å²) in [7, 11) is 1.69. The number of fused-ring (bicyclic) bond motifs is 1. The molecule has 0 saturated carbocycles. The van der Waals surface area contributed by atoms with Crippen molar-refractivity contribution < 1.29 is 9.53 Å². The maximum Gasteiger partial charge on any atom is 0.271 e. The third kappa shape index (κ3) is 4.88. The van der Waals surface area contributed by atoms with Crippen molar-refractivity contribution in [2.75, 3.05) is 7.11 Å². The van der Waals surface area contributed by atoms with Crippen LogP contribution in [0.1, 0.15) is 51.4 Å². The van der Waals surface area contributed by atoms with Crippen molar-refractivity contribution in [1.29, 1.82) is 0 Å². The molecule has 0 radical (unpaired) electrons. The van der Waals surface area contributed by atoms with Crippen LogP contribution in [0.2, 0.25) is 0 Å². The summed E-state index contributed by atoms with van der Waals surface area (Å²) in [5, 5.41) is 3.23. The number of hydrogen-bond acceptors (Lipinski definition) is 3. The number of rotatable bonds is 7. The molecule has 1 aliphatic rings. The van der Waals surface area contributed by atoms with Gasteiger partial charge in [-0.3, -0.25) is 4.79 Å². The molecule has 0 saturated heterocycles. The predicted octanol–water partition coefficient (Wildman–Crippen LogP) is 5.34. The first kappa shape index (κ1) is 22.0. The zero-order chi connectivity index (χ0) is 23.3. The Balaban J connectivity index is 1.33. The third-order valence-corrected chi connectivity index (χ3v) is 6.58. The van der Waals surface area contributed by atoms with E-state index in [9.17, 15) is 4.79 Å². The standard InChI is InChI=1S/C29H29N3O2/c1-34-25-14-8-13-23(18-25)24-15-16-28-30-27(20-32(28)19-24)29(33)31-26(22-11-6-3-7-12-22)17-21-9-4-2-5-10-21/h2-14,18,20,24,26H,15-17,19H2,1H3,(H,31,33)/t24-,26+/m0/s1. The van der Waals surface area contributed by atoms with Crippen molar-refractivity contribution in [2.24, 2.45) is 0 Å². The van der Waals surface area contributed by atoms with E-state index < -0.39 is 0 Å². The maximum atomic E-state index is 13.3. The van der Waals surface area contributed by atoms with Crippen LogP contribution in [0.3, 0.4) is 0 Å². The molecule has 1 aliphatic heterocycles. The molecule has 0 fully saturated rings. The Labute approximate surface area is 200 Å². The molecule has 5 heteroatoms. The number of ether oxygens (including phenoxy) is 1. The van der Waals surface area contributed by atoms with Gasteiger partial charge in [0, 0.05) is 25.1 Å². The van der Waals surface area contributed by atoms with Gasteiger partial charge in [0.15, 0.2) is 0 Å². The largest absolute Gasteiger partial charge is 0.497 e. The average Bonchev–Trinajstić information content (AvgIpc) is 3.33. The number of carbonyl (C=O) groups is 1. The second kappa shape index (κ2) is 9.96. The molecule has 172 valence electrons. The molecule has 34 heavy (non-hydrogen) atoms. The zero-order valence-corrected chi connectivity index (χ0v) is 19.4. The van der Waals surface area contributed by atoms with Gasteiger partial charge in [-0.05, 0) is 41.7 Å². The molecule has 0 unspecified atom stereocenters. The van der Waals surface area contributed by atoms with Gasteiger partial charge in [0.05, 0.1) is 13.2 Å². The maximum absolute atomic E-state index is 13.3. The lowest BCUT2D eigenvalue weighted by Crippen LogP contribution is -2.30. The molecule has 0 bridgehead atoms.